The third-order valence-electron chi connectivity index (χ3n) is 3.84. The molecule has 0 amide bonds. The van der Waals surface area contributed by atoms with E-state index >= 15 is 0 Å². The second-order valence-electron chi connectivity index (χ2n) is 5.31. The first-order valence-corrected chi connectivity index (χ1v) is 7.42. The molecule has 0 unspecified atom stereocenters. The molecule has 6 heteroatoms. The minimum atomic E-state index is 0. The van der Waals surface area contributed by atoms with Gasteiger partial charge in [0.25, 0.3) is 0 Å². The van der Waals surface area contributed by atoms with Gasteiger partial charge < -0.3 is 10.2 Å². The maximum atomic E-state index is 6.50. The normalized spacial score (nSPS) is 16.6. The highest BCUT2D eigenvalue weighted by molar-refractivity contribution is 6.31. The van der Waals surface area contributed by atoms with E-state index in [2.05, 4.69) is 40.2 Å². The van der Waals surface area contributed by atoms with Crippen molar-refractivity contribution in [3.63, 3.8) is 0 Å². The molecule has 1 aromatic carbocycles. The second-order valence-corrected chi connectivity index (χ2v) is 5.72. The van der Waals surface area contributed by atoms with Gasteiger partial charge in [0.2, 0.25) is 0 Å². The fraction of sp³-hybridized carbons (Fsp3) is 0.600. The largest absolute Gasteiger partial charge is 0.378 e. The van der Waals surface area contributed by atoms with E-state index in [1.165, 1.54) is 5.56 Å². The van der Waals surface area contributed by atoms with E-state index in [4.69, 9.17) is 11.6 Å². The van der Waals surface area contributed by atoms with Gasteiger partial charge in [-0.2, -0.15) is 0 Å². The third kappa shape index (κ3) is 5.19. The average Bonchev–Trinajstić information content (AvgIpc) is 2.42. The maximum Gasteiger partial charge on any atom is 0.0474 e. The predicted octanol–water partition coefficient (Wildman–Crippen LogP) is 3.61. The highest BCUT2D eigenvalue weighted by Crippen LogP contribution is 2.32. The van der Waals surface area contributed by atoms with Crippen molar-refractivity contribution < 1.29 is 0 Å². The molecule has 0 spiro atoms. The van der Waals surface area contributed by atoms with E-state index < -0.39 is 0 Å². The maximum absolute atomic E-state index is 6.50. The first-order valence-electron chi connectivity index (χ1n) is 7.05. The topological polar surface area (TPSA) is 18.5 Å². The molecule has 1 fully saturated rings. The number of hydrogen-bond donors (Lipinski definition) is 1. The van der Waals surface area contributed by atoms with Crippen LogP contribution in [0.5, 0.6) is 0 Å². The number of halogens is 3. The Labute approximate surface area is 145 Å². The number of nitrogens with one attached hydrogen (secondary N) is 1. The van der Waals surface area contributed by atoms with Gasteiger partial charge in [0.05, 0.1) is 0 Å². The molecular formula is C15H26Cl3N3. The highest BCUT2D eigenvalue weighted by atomic mass is 35.5. The van der Waals surface area contributed by atoms with E-state index in [1.807, 2.05) is 14.1 Å². The Balaban J connectivity index is 0.00000200. The van der Waals surface area contributed by atoms with Crippen LogP contribution in [0, 0.1) is 0 Å². The number of benzene rings is 1. The van der Waals surface area contributed by atoms with E-state index in [9.17, 15) is 0 Å². The van der Waals surface area contributed by atoms with Crippen molar-refractivity contribution in [2.75, 3.05) is 45.2 Å². The lowest BCUT2D eigenvalue weighted by molar-refractivity contribution is 0.169. The van der Waals surface area contributed by atoms with Crippen molar-refractivity contribution in [3.05, 3.63) is 28.8 Å². The zero-order chi connectivity index (χ0) is 13.8. The Morgan fingerprint density at radius 3 is 2.33 bits per heavy atom. The van der Waals surface area contributed by atoms with Crippen molar-refractivity contribution >= 4 is 42.1 Å². The standard InChI is InChI=1S/C15H24ClN3.2ClH/c1-4-15(19-9-7-17-8-10-19)13-6-5-12(18(2)3)11-14(13)16;;/h5-6,11,15,17H,4,7-10H2,1-3H3;2*1H/t15-;;/m0../s1. The lowest BCUT2D eigenvalue weighted by Gasteiger charge is -2.35. The molecule has 21 heavy (non-hydrogen) atoms. The zero-order valence-electron chi connectivity index (χ0n) is 12.9. The minimum absolute atomic E-state index is 0. The zero-order valence-corrected chi connectivity index (χ0v) is 15.3. The number of hydrogen-bond acceptors (Lipinski definition) is 3. The Bertz CT molecular complexity index is 421. The first-order chi connectivity index (χ1) is 9.13. The highest BCUT2D eigenvalue weighted by Gasteiger charge is 2.22. The molecule has 122 valence electrons. The van der Waals surface area contributed by atoms with E-state index in [-0.39, 0.29) is 24.8 Å². The monoisotopic (exact) mass is 353 g/mol. The summed E-state index contributed by atoms with van der Waals surface area (Å²) in [7, 11) is 4.08. The van der Waals surface area contributed by atoms with Crippen LogP contribution in [0.2, 0.25) is 5.02 Å². The van der Waals surface area contributed by atoms with Crippen molar-refractivity contribution in [2.45, 2.75) is 19.4 Å². The van der Waals surface area contributed by atoms with Crippen LogP contribution in [-0.2, 0) is 0 Å². The molecule has 0 bridgehead atoms. The fourth-order valence-electron chi connectivity index (χ4n) is 2.73. The van der Waals surface area contributed by atoms with Crippen molar-refractivity contribution in [1.82, 2.24) is 10.2 Å². The van der Waals surface area contributed by atoms with Gasteiger partial charge in [-0.15, -0.1) is 24.8 Å². The summed E-state index contributed by atoms with van der Waals surface area (Å²) in [6.07, 6.45) is 1.10. The van der Waals surface area contributed by atoms with Gasteiger partial charge in [-0.05, 0) is 24.1 Å². The van der Waals surface area contributed by atoms with Gasteiger partial charge in [0.1, 0.15) is 0 Å². The molecule has 1 aliphatic rings. The number of rotatable bonds is 4. The van der Waals surface area contributed by atoms with E-state index in [0.29, 0.717) is 6.04 Å². The van der Waals surface area contributed by atoms with Crippen LogP contribution < -0.4 is 10.2 Å². The lowest BCUT2D eigenvalue weighted by Crippen LogP contribution is -2.45. The molecule has 0 aromatic heterocycles. The number of nitrogens with zero attached hydrogens (tertiary/aromatic N) is 2. The van der Waals surface area contributed by atoms with Gasteiger partial charge in [-0.3, -0.25) is 4.90 Å². The quantitative estimate of drug-likeness (QED) is 0.891. The summed E-state index contributed by atoms with van der Waals surface area (Å²) in [5.74, 6) is 0. The SMILES string of the molecule is CC[C@@H](c1ccc(N(C)C)cc1Cl)N1CCNCC1.Cl.Cl. The molecule has 2 rings (SSSR count). The molecule has 0 saturated carbocycles. The summed E-state index contributed by atoms with van der Waals surface area (Å²) in [5, 5.41) is 4.29. The fourth-order valence-corrected chi connectivity index (χ4v) is 3.03. The van der Waals surface area contributed by atoms with Crippen molar-refractivity contribution in [3.8, 4) is 0 Å². The molecule has 1 atom stereocenters. The summed E-state index contributed by atoms with van der Waals surface area (Å²) in [6.45, 7) is 6.59. The number of anilines is 1. The first kappa shape index (κ1) is 20.8. The molecule has 1 saturated heterocycles. The van der Waals surface area contributed by atoms with Crippen LogP contribution in [0.1, 0.15) is 24.9 Å². The van der Waals surface area contributed by atoms with Crippen molar-refractivity contribution in [2.24, 2.45) is 0 Å². The van der Waals surface area contributed by atoms with E-state index in [0.717, 1.165) is 43.3 Å². The molecule has 1 heterocycles. The van der Waals surface area contributed by atoms with Crippen LogP contribution in [0.3, 0.4) is 0 Å². The smallest absolute Gasteiger partial charge is 0.0474 e. The Hall–Kier alpha value is -0.190. The summed E-state index contributed by atoms with van der Waals surface area (Å²) in [6, 6.07) is 6.85. The number of piperazine rings is 1. The summed E-state index contributed by atoms with van der Waals surface area (Å²) in [5.41, 5.74) is 2.42. The second kappa shape index (κ2) is 9.75. The van der Waals surface area contributed by atoms with Crippen molar-refractivity contribution in [1.29, 1.82) is 0 Å². The molecule has 1 aliphatic heterocycles. The Morgan fingerprint density at radius 1 is 1.24 bits per heavy atom. The molecule has 1 aromatic rings. The van der Waals surface area contributed by atoms with Crippen LogP contribution >= 0.6 is 36.4 Å². The van der Waals surface area contributed by atoms with Gasteiger partial charge in [-0.1, -0.05) is 24.6 Å². The molecule has 1 N–H and O–H groups in total. The Morgan fingerprint density at radius 2 is 1.86 bits per heavy atom. The van der Waals surface area contributed by atoms with Gasteiger partial charge in [0, 0.05) is 57.0 Å². The molecular weight excluding hydrogens is 329 g/mol. The molecule has 3 nitrogen and oxygen atoms in total. The summed E-state index contributed by atoms with van der Waals surface area (Å²) < 4.78 is 0. The minimum Gasteiger partial charge on any atom is -0.378 e. The van der Waals surface area contributed by atoms with Crippen LogP contribution in [0.4, 0.5) is 5.69 Å². The third-order valence-corrected chi connectivity index (χ3v) is 4.17. The Kier molecular flexibility index (Phi) is 9.66. The van der Waals surface area contributed by atoms with E-state index in [1.54, 1.807) is 0 Å². The van der Waals surface area contributed by atoms with Crippen LogP contribution in [0.25, 0.3) is 0 Å². The summed E-state index contributed by atoms with van der Waals surface area (Å²) >= 11 is 6.50. The molecule has 0 radical (unpaired) electrons. The molecule has 0 aliphatic carbocycles. The van der Waals surface area contributed by atoms with Gasteiger partial charge >= 0.3 is 0 Å². The lowest BCUT2D eigenvalue weighted by atomic mass is 10.0. The van der Waals surface area contributed by atoms with Gasteiger partial charge in [0.15, 0.2) is 0 Å². The van der Waals surface area contributed by atoms with Crippen LogP contribution in [-0.4, -0.2) is 45.2 Å². The predicted molar refractivity (Wildman–Crippen MR) is 97.7 cm³/mol. The summed E-state index contributed by atoms with van der Waals surface area (Å²) in [4.78, 5) is 4.62. The van der Waals surface area contributed by atoms with Gasteiger partial charge in [-0.25, -0.2) is 0 Å². The van der Waals surface area contributed by atoms with Crippen LogP contribution in [0.15, 0.2) is 18.2 Å². The average molecular weight is 355 g/mol.